The van der Waals surface area contributed by atoms with Crippen molar-refractivity contribution in [1.82, 2.24) is 5.32 Å². The summed E-state index contributed by atoms with van der Waals surface area (Å²) in [5.74, 6) is 0.212. The molecule has 0 unspecified atom stereocenters. The van der Waals surface area contributed by atoms with Gasteiger partial charge in [-0.05, 0) is 0 Å². The van der Waals surface area contributed by atoms with Gasteiger partial charge in [0.1, 0.15) is 5.25 Å². The minimum absolute atomic E-state index is 0. The first-order valence-electron chi connectivity index (χ1n) is 2.86. The summed E-state index contributed by atoms with van der Waals surface area (Å²) in [6, 6.07) is 0. The molecular weight excluding hydrogens is 174 g/mol. The predicted octanol–water partition coefficient (Wildman–Crippen LogP) is 0.198. The molecule has 0 aromatic heterocycles. The molecule has 10 heavy (non-hydrogen) atoms. The highest BCUT2D eigenvalue weighted by atomic mass is 35.5. The van der Waals surface area contributed by atoms with Crippen LogP contribution in [0.2, 0.25) is 0 Å². The number of thioether (sulfide) groups is 1. The van der Waals surface area contributed by atoms with E-state index in [4.69, 9.17) is 5.11 Å². The Bertz CT molecular complexity index is 116. The van der Waals surface area contributed by atoms with Crippen molar-refractivity contribution in [1.29, 1.82) is 0 Å². The molecule has 3 nitrogen and oxygen atoms in total. The van der Waals surface area contributed by atoms with E-state index in [2.05, 4.69) is 5.32 Å². The van der Waals surface area contributed by atoms with Crippen molar-refractivity contribution >= 4 is 30.1 Å². The van der Waals surface area contributed by atoms with E-state index in [-0.39, 0.29) is 17.7 Å². The third kappa shape index (κ3) is 2.77. The molecule has 1 rings (SSSR count). The minimum Gasteiger partial charge on any atom is -0.480 e. The largest absolute Gasteiger partial charge is 0.480 e. The van der Waals surface area contributed by atoms with E-state index in [9.17, 15) is 4.79 Å². The molecule has 0 aliphatic carbocycles. The average Bonchev–Trinajstić information content (AvgIpc) is 1.90. The molecule has 1 aliphatic rings. The van der Waals surface area contributed by atoms with E-state index in [0.29, 0.717) is 6.54 Å². The van der Waals surface area contributed by atoms with E-state index >= 15 is 0 Å². The topological polar surface area (TPSA) is 49.3 Å². The average molecular weight is 184 g/mol. The maximum atomic E-state index is 10.3. The maximum absolute atomic E-state index is 10.3. The minimum atomic E-state index is -0.702. The fourth-order valence-electron chi connectivity index (χ4n) is 0.724. The van der Waals surface area contributed by atoms with E-state index in [1.807, 2.05) is 0 Å². The zero-order valence-electron chi connectivity index (χ0n) is 5.37. The van der Waals surface area contributed by atoms with E-state index < -0.39 is 5.97 Å². The van der Waals surface area contributed by atoms with Gasteiger partial charge < -0.3 is 10.4 Å². The van der Waals surface area contributed by atoms with Crippen molar-refractivity contribution in [2.45, 2.75) is 5.25 Å². The molecule has 0 aromatic rings. The molecule has 60 valence electrons. The Labute approximate surface area is 70.0 Å². The van der Waals surface area contributed by atoms with Crippen LogP contribution in [0.3, 0.4) is 0 Å². The van der Waals surface area contributed by atoms with Crippen LogP contribution in [0, 0.1) is 0 Å². The second kappa shape index (κ2) is 4.82. The molecule has 5 heteroatoms. The molecule has 0 aromatic carbocycles. The summed E-state index contributed by atoms with van der Waals surface area (Å²) >= 11 is 1.51. The molecular formula is C5H10ClNO2S. The number of carboxylic acid groups (broad SMARTS) is 1. The van der Waals surface area contributed by atoms with E-state index in [0.717, 1.165) is 12.3 Å². The summed E-state index contributed by atoms with van der Waals surface area (Å²) in [5.41, 5.74) is 0. The van der Waals surface area contributed by atoms with Crippen LogP contribution >= 0.6 is 24.2 Å². The Kier molecular flexibility index (Phi) is 4.85. The summed E-state index contributed by atoms with van der Waals surface area (Å²) < 4.78 is 0. The molecule has 0 bridgehead atoms. The van der Waals surface area contributed by atoms with Crippen molar-refractivity contribution in [2.24, 2.45) is 0 Å². The van der Waals surface area contributed by atoms with Gasteiger partial charge in [-0.1, -0.05) is 0 Å². The molecule has 0 saturated carbocycles. The second-order valence-corrected chi connectivity index (χ2v) is 3.21. The summed E-state index contributed by atoms with van der Waals surface area (Å²) in [7, 11) is 0. The van der Waals surface area contributed by atoms with Crippen LogP contribution in [0.4, 0.5) is 0 Å². The van der Waals surface area contributed by atoms with Gasteiger partial charge in [-0.15, -0.1) is 24.2 Å². The third-order valence-corrected chi connectivity index (χ3v) is 2.41. The highest BCUT2D eigenvalue weighted by Crippen LogP contribution is 2.12. The zero-order valence-corrected chi connectivity index (χ0v) is 7.00. The van der Waals surface area contributed by atoms with Gasteiger partial charge in [0.25, 0.3) is 0 Å². The molecule has 0 amide bonds. The van der Waals surface area contributed by atoms with Gasteiger partial charge in [0.05, 0.1) is 0 Å². The molecule has 1 heterocycles. The van der Waals surface area contributed by atoms with Crippen LogP contribution in [0.1, 0.15) is 0 Å². The number of carboxylic acids is 1. The first kappa shape index (κ1) is 10.1. The van der Waals surface area contributed by atoms with Gasteiger partial charge in [0.15, 0.2) is 0 Å². The number of rotatable bonds is 1. The van der Waals surface area contributed by atoms with Gasteiger partial charge in [-0.2, -0.15) is 0 Å². The van der Waals surface area contributed by atoms with Gasteiger partial charge in [-0.25, -0.2) is 0 Å². The van der Waals surface area contributed by atoms with Crippen LogP contribution in [-0.4, -0.2) is 35.2 Å². The highest BCUT2D eigenvalue weighted by molar-refractivity contribution is 8.00. The summed E-state index contributed by atoms with van der Waals surface area (Å²) in [4.78, 5) is 10.3. The molecule has 0 spiro atoms. The van der Waals surface area contributed by atoms with Crippen molar-refractivity contribution in [3.63, 3.8) is 0 Å². The lowest BCUT2D eigenvalue weighted by Crippen LogP contribution is -2.37. The highest BCUT2D eigenvalue weighted by Gasteiger charge is 2.19. The number of nitrogens with one attached hydrogen (secondary N) is 1. The fourth-order valence-corrected chi connectivity index (χ4v) is 1.65. The fraction of sp³-hybridized carbons (Fsp3) is 0.800. The maximum Gasteiger partial charge on any atom is 0.317 e. The molecule has 2 N–H and O–H groups in total. The lowest BCUT2D eigenvalue weighted by Gasteiger charge is -2.17. The zero-order chi connectivity index (χ0) is 6.69. The normalized spacial score (nSPS) is 25.0. The molecule has 1 saturated heterocycles. The quantitative estimate of drug-likeness (QED) is 0.610. The molecule has 1 fully saturated rings. The first-order valence-corrected chi connectivity index (χ1v) is 3.90. The van der Waals surface area contributed by atoms with Gasteiger partial charge >= 0.3 is 5.97 Å². The monoisotopic (exact) mass is 183 g/mol. The smallest absolute Gasteiger partial charge is 0.317 e. The Balaban J connectivity index is 0.000000810. The number of hydrogen-bond acceptors (Lipinski definition) is 3. The van der Waals surface area contributed by atoms with Gasteiger partial charge in [0.2, 0.25) is 0 Å². The van der Waals surface area contributed by atoms with Crippen molar-refractivity contribution in [2.75, 3.05) is 18.8 Å². The second-order valence-electron chi connectivity index (χ2n) is 1.90. The Hall–Kier alpha value is 0.0700. The van der Waals surface area contributed by atoms with E-state index in [1.165, 1.54) is 11.8 Å². The Morgan fingerprint density at radius 2 is 2.40 bits per heavy atom. The van der Waals surface area contributed by atoms with Gasteiger partial charge in [-0.3, -0.25) is 4.79 Å². The SMILES string of the molecule is Cl.O=C(O)[C@@H]1CNCCS1. The first-order chi connectivity index (χ1) is 4.30. The van der Waals surface area contributed by atoms with Crippen molar-refractivity contribution in [3.05, 3.63) is 0 Å². The molecule has 0 radical (unpaired) electrons. The third-order valence-electron chi connectivity index (χ3n) is 1.20. The summed E-state index contributed by atoms with van der Waals surface area (Å²) in [6.45, 7) is 1.55. The number of carbonyl (C=O) groups is 1. The molecule has 1 aliphatic heterocycles. The van der Waals surface area contributed by atoms with Crippen LogP contribution < -0.4 is 5.32 Å². The van der Waals surface area contributed by atoms with Crippen molar-refractivity contribution in [3.8, 4) is 0 Å². The lowest BCUT2D eigenvalue weighted by molar-refractivity contribution is -0.136. The van der Waals surface area contributed by atoms with Crippen LogP contribution in [0.25, 0.3) is 0 Å². The van der Waals surface area contributed by atoms with E-state index in [1.54, 1.807) is 0 Å². The Morgan fingerprint density at radius 3 is 2.70 bits per heavy atom. The lowest BCUT2D eigenvalue weighted by atomic mass is 10.4. The van der Waals surface area contributed by atoms with Crippen molar-refractivity contribution < 1.29 is 9.90 Å². The number of halogens is 1. The summed E-state index contributed by atoms with van der Waals surface area (Å²) in [5, 5.41) is 11.3. The standard InChI is InChI=1S/C5H9NO2S.ClH/c7-5(8)4-3-6-1-2-9-4;/h4,6H,1-3H2,(H,7,8);1H/t4-;/m0./s1. The number of aliphatic carboxylic acids is 1. The van der Waals surface area contributed by atoms with Crippen LogP contribution in [0.5, 0.6) is 0 Å². The summed E-state index contributed by atoms with van der Waals surface area (Å²) in [6.07, 6.45) is 0. The Morgan fingerprint density at radius 1 is 1.70 bits per heavy atom. The van der Waals surface area contributed by atoms with Crippen LogP contribution in [-0.2, 0) is 4.79 Å². The van der Waals surface area contributed by atoms with Crippen LogP contribution in [0.15, 0.2) is 0 Å². The predicted molar refractivity (Wildman–Crippen MR) is 44.0 cm³/mol. The van der Waals surface area contributed by atoms with Gasteiger partial charge in [0, 0.05) is 18.8 Å². The molecule has 1 atom stereocenters. The number of hydrogen-bond donors (Lipinski definition) is 2.